The molecule has 2 rings (SSSR count). The van der Waals surface area contributed by atoms with Gasteiger partial charge in [0.2, 0.25) is 0 Å². The quantitative estimate of drug-likeness (QED) is 0.837. The van der Waals surface area contributed by atoms with E-state index < -0.39 is 6.09 Å². The predicted molar refractivity (Wildman–Crippen MR) is 81.9 cm³/mol. The van der Waals surface area contributed by atoms with Crippen LogP contribution in [0.4, 0.5) is 16.2 Å². The first-order valence-corrected chi connectivity index (χ1v) is 7.38. The highest BCUT2D eigenvalue weighted by Gasteiger charge is 2.34. The van der Waals surface area contributed by atoms with E-state index in [0.717, 1.165) is 0 Å². The average molecular weight is 298 g/mol. The molecule has 0 saturated carbocycles. The molecular formula is C12H14N2O3S2. The Morgan fingerprint density at radius 2 is 2.37 bits per heavy atom. The lowest BCUT2D eigenvalue weighted by molar-refractivity contribution is 0.201. The number of hydrogen-bond donors (Lipinski definition) is 2. The molecule has 0 spiro atoms. The number of nitrogens with zero attached hydrogens (tertiary/aromatic N) is 1. The van der Waals surface area contributed by atoms with Gasteiger partial charge in [-0.2, -0.15) is 11.8 Å². The number of rotatable bonds is 3. The van der Waals surface area contributed by atoms with Crippen molar-refractivity contribution in [3.8, 4) is 5.75 Å². The van der Waals surface area contributed by atoms with E-state index >= 15 is 0 Å². The molecule has 1 aromatic carbocycles. The molecule has 1 amide bonds. The van der Waals surface area contributed by atoms with E-state index in [0.29, 0.717) is 27.9 Å². The number of thioether (sulfide) groups is 1. The van der Waals surface area contributed by atoms with Crippen molar-refractivity contribution in [2.75, 3.05) is 29.3 Å². The zero-order valence-corrected chi connectivity index (χ0v) is 12.2. The van der Waals surface area contributed by atoms with Crippen LogP contribution in [-0.4, -0.2) is 41.3 Å². The van der Waals surface area contributed by atoms with Crippen molar-refractivity contribution in [1.29, 1.82) is 0 Å². The molecule has 1 aliphatic heterocycles. The molecule has 5 nitrogen and oxygen atoms in total. The summed E-state index contributed by atoms with van der Waals surface area (Å²) in [5.74, 6) is 1.22. The highest BCUT2D eigenvalue weighted by atomic mass is 32.2. The fraction of sp³-hybridized carbons (Fsp3) is 0.333. The number of carbonyl (C=O) groups is 1. The van der Waals surface area contributed by atoms with Crippen molar-refractivity contribution in [3.05, 3.63) is 18.2 Å². The number of ether oxygens (including phenoxy) is 1. The molecule has 0 radical (unpaired) electrons. The van der Waals surface area contributed by atoms with Crippen LogP contribution >= 0.6 is 24.0 Å². The molecule has 0 bridgehead atoms. The SMILES string of the molecule is COc1ccc2c(c1)N(C(=O)O)C(CSC)C(=S)N2. The van der Waals surface area contributed by atoms with Crippen molar-refractivity contribution in [2.45, 2.75) is 6.04 Å². The van der Waals surface area contributed by atoms with Gasteiger partial charge in [-0.25, -0.2) is 4.79 Å². The summed E-state index contributed by atoms with van der Waals surface area (Å²) < 4.78 is 5.14. The Balaban J connectivity index is 2.50. The van der Waals surface area contributed by atoms with E-state index in [-0.39, 0.29) is 6.04 Å². The van der Waals surface area contributed by atoms with E-state index in [1.807, 2.05) is 6.26 Å². The van der Waals surface area contributed by atoms with Crippen molar-refractivity contribution in [1.82, 2.24) is 0 Å². The molecule has 1 unspecified atom stereocenters. The Hall–Kier alpha value is -1.47. The smallest absolute Gasteiger partial charge is 0.412 e. The molecule has 0 aliphatic carbocycles. The summed E-state index contributed by atoms with van der Waals surface area (Å²) in [6, 6.07) is 4.88. The van der Waals surface area contributed by atoms with Gasteiger partial charge >= 0.3 is 6.09 Å². The number of hydrogen-bond acceptors (Lipinski definition) is 4. The Labute approximate surface area is 120 Å². The minimum Gasteiger partial charge on any atom is -0.497 e. The highest BCUT2D eigenvalue weighted by Crippen LogP contribution is 2.36. The molecule has 0 aromatic heterocycles. The Morgan fingerprint density at radius 1 is 1.63 bits per heavy atom. The van der Waals surface area contributed by atoms with Gasteiger partial charge in [-0.3, -0.25) is 4.90 Å². The van der Waals surface area contributed by atoms with Crippen LogP contribution in [0.15, 0.2) is 18.2 Å². The molecule has 2 N–H and O–H groups in total. The largest absolute Gasteiger partial charge is 0.497 e. The van der Waals surface area contributed by atoms with Gasteiger partial charge in [-0.15, -0.1) is 0 Å². The van der Waals surface area contributed by atoms with Crippen LogP contribution in [0.25, 0.3) is 0 Å². The lowest BCUT2D eigenvalue weighted by atomic mass is 10.1. The van der Waals surface area contributed by atoms with Gasteiger partial charge < -0.3 is 15.2 Å². The number of benzene rings is 1. The van der Waals surface area contributed by atoms with Crippen molar-refractivity contribution in [3.63, 3.8) is 0 Å². The van der Waals surface area contributed by atoms with Gasteiger partial charge in [0.05, 0.1) is 24.5 Å². The van der Waals surface area contributed by atoms with E-state index in [2.05, 4.69) is 5.32 Å². The van der Waals surface area contributed by atoms with E-state index in [1.165, 1.54) is 4.90 Å². The van der Waals surface area contributed by atoms with Crippen molar-refractivity contribution in [2.24, 2.45) is 0 Å². The number of fused-ring (bicyclic) bond motifs is 1. The minimum atomic E-state index is -1.02. The summed E-state index contributed by atoms with van der Waals surface area (Å²) in [6.07, 6.45) is 0.904. The summed E-state index contributed by atoms with van der Waals surface area (Å²) in [6.45, 7) is 0. The maximum absolute atomic E-state index is 11.5. The van der Waals surface area contributed by atoms with E-state index in [4.69, 9.17) is 17.0 Å². The van der Waals surface area contributed by atoms with Crippen LogP contribution in [0.5, 0.6) is 5.75 Å². The standard InChI is InChI=1S/C12H14N2O3S2/c1-17-7-3-4-8-9(5-7)14(12(15)16)10(6-19-2)11(18)13-8/h3-5,10H,6H2,1-2H3,(H,13,18)(H,15,16). The van der Waals surface area contributed by atoms with E-state index in [1.54, 1.807) is 37.1 Å². The molecule has 1 atom stereocenters. The van der Waals surface area contributed by atoms with Crippen LogP contribution in [0.1, 0.15) is 0 Å². The Kier molecular flexibility index (Phi) is 4.16. The van der Waals surface area contributed by atoms with Crippen LogP contribution in [0.2, 0.25) is 0 Å². The molecule has 1 heterocycles. The van der Waals surface area contributed by atoms with Crippen LogP contribution in [0, 0.1) is 0 Å². The second-order valence-electron chi connectivity index (χ2n) is 4.00. The van der Waals surface area contributed by atoms with Gasteiger partial charge in [0, 0.05) is 11.8 Å². The summed E-state index contributed by atoms with van der Waals surface area (Å²) in [7, 11) is 1.55. The number of methoxy groups -OCH3 is 1. The van der Waals surface area contributed by atoms with E-state index in [9.17, 15) is 9.90 Å². The van der Waals surface area contributed by atoms with Gasteiger partial charge in [-0.05, 0) is 18.4 Å². The zero-order valence-electron chi connectivity index (χ0n) is 10.5. The summed E-state index contributed by atoms with van der Waals surface area (Å²) >= 11 is 6.82. The van der Waals surface area contributed by atoms with Crippen LogP contribution in [0.3, 0.4) is 0 Å². The van der Waals surface area contributed by atoms with Gasteiger partial charge in [0.1, 0.15) is 10.7 Å². The minimum absolute atomic E-state index is 0.359. The molecule has 0 saturated heterocycles. The third kappa shape index (κ3) is 2.62. The fourth-order valence-corrected chi connectivity index (χ4v) is 3.02. The Bertz CT molecular complexity index is 522. The highest BCUT2D eigenvalue weighted by molar-refractivity contribution is 7.98. The first kappa shape index (κ1) is 14.0. The molecule has 0 fully saturated rings. The molecular weight excluding hydrogens is 284 g/mol. The predicted octanol–water partition coefficient (Wildman–Crippen LogP) is 2.66. The molecule has 7 heteroatoms. The maximum atomic E-state index is 11.5. The number of carboxylic acid groups (broad SMARTS) is 1. The lowest BCUT2D eigenvalue weighted by Gasteiger charge is -2.36. The summed E-state index contributed by atoms with van der Waals surface area (Å²) in [5, 5.41) is 12.5. The average Bonchev–Trinajstić information content (AvgIpc) is 2.38. The lowest BCUT2D eigenvalue weighted by Crippen LogP contribution is -2.51. The van der Waals surface area contributed by atoms with Gasteiger partial charge in [0.25, 0.3) is 0 Å². The summed E-state index contributed by atoms with van der Waals surface area (Å²) in [4.78, 5) is 13.4. The first-order valence-electron chi connectivity index (χ1n) is 5.58. The number of nitrogens with one attached hydrogen (secondary N) is 1. The van der Waals surface area contributed by atoms with Crippen LogP contribution in [-0.2, 0) is 0 Å². The molecule has 102 valence electrons. The van der Waals surface area contributed by atoms with Crippen molar-refractivity contribution < 1.29 is 14.6 Å². The first-order chi connectivity index (χ1) is 9.08. The van der Waals surface area contributed by atoms with Gasteiger partial charge in [0.15, 0.2) is 0 Å². The fourth-order valence-electron chi connectivity index (χ4n) is 1.99. The van der Waals surface area contributed by atoms with Gasteiger partial charge in [-0.1, -0.05) is 12.2 Å². The normalized spacial score (nSPS) is 17.7. The monoisotopic (exact) mass is 298 g/mol. The zero-order chi connectivity index (χ0) is 14.0. The molecule has 19 heavy (non-hydrogen) atoms. The molecule has 1 aromatic rings. The number of amides is 1. The van der Waals surface area contributed by atoms with Crippen molar-refractivity contribution >= 4 is 46.4 Å². The number of anilines is 2. The second kappa shape index (κ2) is 5.66. The molecule has 1 aliphatic rings. The topological polar surface area (TPSA) is 61.8 Å². The Morgan fingerprint density at radius 3 is 2.95 bits per heavy atom. The third-order valence-corrected chi connectivity index (χ3v) is 3.89. The van der Waals surface area contributed by atoms with Crippen LogP contribution < -0.4 is 15.0 Å². The third-order valence-electron chi connectivity index (χ3n) is 2.87. The maximum Gasteiger partial charge on any atom is 0.412 e. The summed E-state index contributed by atoms with van der Waals surface area (Å²) in [5.41, 5.74) is 1.25. The second-order valence-corrected chi connectivity index (χ2v) is 5.35. The number of thiocarbonyl (C=S) groups is 1.